The van der Waals surface area contributed by atoms with Gasteiger partial charge in [-0.3, -0.25) is 4.79 Å². The van der Waals surface area contributed by atoms with Crippen molar-refractivity contribution in [3.8, 4) is 0 Å². The van der Waals surface area contributed by atoms with Crippen molar-refractivity contribution in [2.75, 3.05) is 6.54 Å². The summed E-state index contributed by atoms with van der Waals surface area (Å²) in [4.78, 5) is 27.3. The number of carboxylic acid groups (broad SMARTS) is 1. The van der Waals surface area contributed by atoms with E-state index in [1.54, 1.807) is 20.8 Å². The first-order valence-corrected chi connectivity index (χ1v) is 5.70. The van der Waals surface area contributed by atoms with Crippen molar-refractivity contribution in [2.24, 2.45) is 0 Å². The van der Waals surface area contributed by atoms with E-state index in [1.807, 2.05) is 0 Å². The maximum absolute atomic E-state index is 11.4. The van der Waals surface area contributed by atoms with Gasteiger partial charge in [-0.1, -0.05) is 0 Å². The molecule has 1 atom stereocenters. The lowest BCUT2D eigenvalue weighted by atomic mass is 10.1. The quantitative estimate of drug-likeness (QED) is 0.747. The van der Waals surface area contributed by atoms with Gasteiger partial charge in [-0.05, 0) is 40.0 Å². The molecule has 1 N–H and O–H groups in total. The lowest BCUT2D eigenvalue weighted by molar-refractivity contribution is -0.191. The number of hydroxylamine groups is 2. The first-order chi connectivity index (χ1) is 7.79. The molecule has 0 amide bonds. The topological polar surface area (TPSA) is 76.1 Å². The third kappa shape index (κ3) is 4.60. The summed E-state index contributed by atoms with van der Waals surface area (Å²) in [7, 11) is 0. The molecule has 1 unspecified atom stereocenters. The number of rotatable bonds is 2. The molecular weight excluding hydrogens is 226 g/mol. The summed E-state index contributed by atoms with van der Waals surface area (Å²) in [6.07, 6.45) is 1.27. The van der Waals surface area contributed by atoms with Crippen molar-refractivity contribution in [3.05, 3.63) is 0 Å². The molecule has 1 aliphatic rings. The van der Waals surface area contributed by atoms with Gasteiger partial charge in [0.15, 0.2) is 0 Å². The Bertz CT molecular complexity index is 297. The van der Waals surface area contributed by atoms with E-state index < -0.39 is 23.8 Å². The van der Waals surface area contributed by atoms with Crippen molar-refractivity contribution in [3.63, 3.8) is 0 Å². The third-order valence-corrected chi connectivity index (χ3v) is 2.32. The minimum Gasteiger partial charge on any atom is -0.480 e. The van der Waals surface area contributed by atoms with Crippen LogP contribution in [0.4, 0.5) is 4.79 Å². The summed E-state index contributed by atoms with van der Waals surface area (Å²) < 4.78 is 4.97. The molecule has 0 saturated carbocycles. The van der Waals surface area contributed by atoms with E-state index in [1.165, 1.54) is 5.06 Å². The van der Waals surface area contributed by atoms with Crippen LogP contribution in [0.15, 0.2) is 0 Å². The summed E-state index contributed by atoms with van der Waals surface area (Å²) in [5.41, 5.74) is -0.647. The smallest absolute Gasteiger partial charge is 0.480 e. The number of carbonyl (C=O) groups excluding carboxylic acids is 1. The third-order valence-electron chi connectivity index (χ3n) is 2.32. The van der Waals surface area contributed by atoms with E-state index in [9.17, 15) is 9.59 Å². The molecule has 1 aliphatic heterocycles. The molecule has 1 fully saturated rings. The van der Waals surface area contributed by atoms with Gasteiger partial charge in [0.05, 0.1) is 0 Å². The number of hydrogen-bond donors (Lipinski definition) is 1. The molecule has 0 bridgehead atoms. The SMILES string of the molecule is CC(C)(C)OC(=O)ON1CCCCC1C(=O)O. The van der Waals surface area contributed by atoms with Gasteiger partial charge in [0, 0.05) is 6.54 Å². The van der Waals surface area contributed by atoms with Crippen molar-refractivity contribution >= 4 is 12.1 Å². The maximum atomic E-state index is 11.4. The minimum absolute atomic E-state index is 0.427. The molecule has 1 saturated heterocycles. The average Bonchev–Trinajstić information content (AvgIpc) is 2.14. The van der Waals surface area contributed by atoms with Crippen molar-refractivity contribution < 1.29 is 24.3 Å². The van der Waals surface area contributed by atoms with Crippen LogP contribution in [0.5, 0.6) is 0 Å². The number of aliphatic carboxylic acids is 1. The second-order valence-corrected chi connectivity index (χ2v) is 5.05. The zero-order chi connectivity index (χ0) is 13.1. The maximum Gasteiger partial charge on any atom is 0.528 e. The molecule has 0 aliphatic carbocycles. The van der Waals surface area contributed by atoms with Gasteiger partial charge < -0.3 is 14.7 Å². The van der Waals surface area contributed by atoms with Crippen molar-refractivity contribution in [1.82, 2.24) is 5.06 Å². The van der Waals surface area contributed by atoms with E-state index in [4.69, 9.17) is 14.7 Å². The number of carboxylic acids is 1. The average molecular weight is 245 g/mol. The van der Waals surface area contributed by atoms with Gasteiger partial charge in [-0.25, -0.2) is 4.79 Å². The molecule has 0 radical (unpaired) electrons. The molecule has 0 aromatic rings. The molecule has 6 nitrogen and oxygen atoms in total. The Labute approximate surface area is 100 Å². The number of nitrogens with zero attached hydrogens (tertiary/aromatic N) is 1. The van der Waals surface area contributed by atoms with E-state index in [0.717, 1.165) is 12.8 Å². The highest BCUT2D eigenvalue weighted by molar-refractivity contribution is 5.73. The Morgan fingerprint density at radius 3 is 2.47 bits per heavy atom. The Hall–Kier alpha value is -1.30. The highest BCUT2D eigenvalue weighted by atomic mass is 16.8. The van der Waals surface area contributed by atoms with Gasteiger partial charge in [-0.2, -0.15) is 0 Å². The molecule has 0 spiro atoms. The fraction of sp³-hybridized carbons (Fsp3) is 0.818. The second-order valence-electron chi connectivity index (χ2n) is 5.05. The molecule has 0 aromatic heterocycles. The number of carbonyl (C=O) groups is 2. The fourth-order valence-corrected chi connectivity index (χ4v) is 1.63. The van der Waals surface area contributed by atoms with Crippen molar-refractivity contribution in [1.29, 1.82) is 0 Å². The zero-order valence-electron chi connectivity index (χ0n) is 10.4. The molecule has 1 heterocycles. The first-order valence-electron chi connectivity index (χ1n) is 5.70. The summed E-state index contributed by atoms with van der Waals surface area (Å²) in [6.45, 7) is 5.59. The Morgan fingerprint density at radius 2 is 1.94 bits per heavy atom. The molecule has 0 aromatic carbocycles. The lowest BCUT2D eigenvalue weighted by Gasteiger charge is -2.31. The fourth-order valence-electron chi connectivity index (χ4n) is 1.63. The van der Waals surface area contributed by atoms with Gasteiger partial charge in [0.25, 0.3) is 0 Å². The predicted octanol–water partition coefficient (Wildman–Crippen LogP) is 1.79. The zero-order valence-corrected chi connectivity index (χ0v) is 10.4. The van der Waals surface area contributed by atoms with Gasteiger partial charge in [0.2, 0.25) is 0 Å². The van der Waals surface area contributed by atoms with Gasteiger partial charge in [-0.15, -0.1) is 5.06 Å². The van der Waals surface area contributed by atoms with Crippen LogP contribution >= 0.6 is 0 Å². The van der Waals surface area contributed by atoms with E-state index >= 15 is 0 Å². The van der Waals surface area contributed by atoms with Crippen molar-refractivity contribution in [2.45, 2.75) is 51.7 Å². The van der Waals surface area contributed by atoms with E-state index in [-0.39, 0.29) is 0 Å². The van der Waals surface area contributed by atoms with Crippen LogP contribution in [0.25, 0.3) is 0 Å². The minimum atomic E-state index is -0.978. The Morgan fingerprint density at radius 1 is 1.29 bits per heavy atom. The second kappa shape index (κ2) is 5.35. The summed E-state index contributed by atoms with van der Waals surface area (Å²) in [5, 5.41) is 10.2. The van der Waals surface area contributed by atoms with Crippen LogP contribution in [0.3, 0.4) is 0 Å². The van der Waals surface area contributed by atoms with Crippen LogP contribution in [0, 0.1) is 0 Å². The van der Waals surface area contributed by atoms with E-state index in [2.05, 4.69) is 0 Å². The van der Waals surface area contributed by atoms with Gasteiger partial charge >= 0.3 is 12.1 Å². The molecule has 17 heavy (non-hydrogen) atoms. The molecule has 98 valence electrons. The number of hydrogen-bond acceptors (Lipinski definition) is 5. The van der Waals surface area contributed by atoms with Crippen LogP contribution in [-0.2, 0) is 14.4 Å². The monoisotopic (exact) mass is 245 g/mol. The van der Waals surface area contributed by atoms with E-state index in [0.29, 0.717) is 13.0 Å². The first kappa shape index (κ1) is 13.8. The Balaban J connectivity index is 2.53. The van der Waals surface area contributed by atoms with Crippen LogP contribution in [0.2, 0.25) is 0 Å². The van der Waals surface area contributed by atoms with Crippen LogP contribution < -0.4 is 0 Å². The molecular formula is C11H19NO5. The molecule has 1 rings (SSSR count). The van der Waals surface area contributed by atoms with Crippen LogP contribution in [-0.4, -0.2) is 40.5 Å². The highest BCUT2D eigenvalue weighted by Crippen LogP contribution is 2.19. The summed E-state index contributed by atoms with van der Waals surface area (Å²) >= 11 is 0. The largest absolute Gasteiger partial charge is 0.528 e. The standard InChI is InChI=1S/C11H19NO5/c1-11(2,3)16-10(15)17-12-7-5-4-6-8(12)9(13)14/h8H,4-7H2,1-3H3,(H,13,14). The summed E-state index contributed by atoms with van der Waals surface area (Å²) in [6, 6.07) is -0.767. The van der Waals surface area contributed by atoms with Gasteiger partial charge in [0.1, 0.15) is 11.6 Å². The number of piperidine rings is 1. The highest BCUT2D eigenvalue weighted by Gasteiger charge is 2.32. The molecule has 6 heteroatoms. The summed E-state index contributed by atoms with van der Waals surface area (Å²) in [5.74, 6) is -0.978. The predicted molar refractivity (Wildman–Crippen MR) is 59.3 cm³/mol. The van der Waals surface area contributed by atoms with Crippen LogP contribution in [0.1, 0.15) is 40.0 Å². The number of ether oxygens (including phenoxy) is 1. The Kier molecular flexibility index (Phi) is 4.34. The lowest BCUT2D eigenvalue weighted by Crippen LogP contribution is -2.46. The normalized spacial score (nSPS) is 21.9.